The second kappa shape index (κ2) is 15.9. The summed E-state index contributed by atoms with van der Waals surface area (Å²) in [5, 5.41) is 2.42. The molecule has 0 bridgehead atoms. The zero-order chi connectivity index (χ0) is 34.0. The zero-order valence-electron chi connectivity index (χ0n) is 26.8. The first-order valence-corrected chi connectivity index (χ1v) is 15.8. The topological polar surface area (TPSA) is 113 Å². The smallest absolute Gasteiger partial charge is 0.335 e. The van der Waals surface area contributed by atoms with Gasteiger partial charge in [-0.1, -0.05) is 48.0 Å². The van der Waals surface area contributed by atoms with Crippen molar-refractivity contribution in [3.8, 4) is 28.7 Å². The number of anilines is 1. The molecule has 10 nitrogen and oxygen atoms in total. The molecule has 1 saturated heterocycles. The number of hydrogen-bond acceptors (Lipinski definition) is 8. The van der Waals surface area contributed by atoms with Gasteiger partial charge < -0.3 is 23.7 Å². The molecule has 1 heterocycles. The lowest BCUT2D eigenvalue weighted by Gasteiger charge is -2.26. The quantitative estimate of drug-likeness (QED) is 0.109. The van der Waals surface area contributed by atoms with E-state index in [4.69, 9.17) is 35.3 Å². The molecule has 1 aliphatic heterocycles. The highest BCUT2D eigenvalue weighted by atomic mass is 35.5. The van der Waals surface area contributed by atoms with E-state index in [2.05, 4.69) is 5.32 Å². The number of imide groups is 2. The van der Waals surface area contributed by atoms with Crippen LogP contribution >= 0.6 is 11.6 Å². The Kier molecular flexibility index (Phi) is 11.2. The predicted molar refractivity (Wildman–Crippen MR) is 182 cm³/mol. The number of benzene rings is 4. The molecule has 0 aromatic heterocycles. The number of hydrogen-bond donors (Lipinski definition) is 1. The molecule has 248 valence electrons. The summed E-state index contributed by atoms with van der Waals surface area (Å²) in [5.74, 6) is 0.755. The fraction of sp³-hybridized carbons (Fsp3) is 0.216. The lowest BCUT2D eigenvalue weighted by atomic mass is 10.1. The van der Waals surface area contributed by atoms with Gasteiger partial charge in [-0.3, -0.25) is 14.9 Å². The minimum absolute atomic E-state index is 0.138. The van der Waals surface area contributed by atoms with E-state index in [0.29, 0.717) is 55.0 Å². The Hall–Kier alpha value is -5.48. The molecule has 1 aliphatic rings. The van der Waals surface area contributed by atoms with Crippen molar-refractivity contribution in [2.24, 2.45) is 0 Å². The molecule has 0 saturated carbocycles. The molecule has 0 unspecified atom stereocenters. The van der Waals surface area contributed by atoms with Crippen LogP contribution in [0.2, 0.25) is 5.02 Å². The third-order valence-electron chi connectivity index (χ3n) is 7.08. The van der Waals surface area contributed by atoms with E-state index in [9.17, 15) is 14.4 Å². The van der Waals surface area contributed by atoms with Crippen molar-refractivity contribution in [1.29, 1.82) is 0 Å². The first-order valence-electron chi connectivity index (χ1n) is 15.5. The zero-order valence-corrected chi connectivity index (χ0v) is 27.5. The molecular weight excluding hydrogens is 636 g/mol. The monoisotopic (exact) mass is 670 g/mol. The van der Waals surface area contributed by atoms with Gasteiger partial charge in [0, 0.05) is 0 Å². The van der Waals surface area contributed by atoms with Gasteiger partial charge in [0.05, 0.1) is 30.5 Å². The number of urea groups is 1. The predicted octanol–water partition coefficient (Wildman–Crippen LogP) is 7.36. The summed E-state index contributed by atoms with van der Waals surface area (Å²) < 4.78 is 29.3. The summed E-state index contributed by atoms with van der Waals surface area (Å²) in [4.78, 5) is 39.8. The van der Waals surface area contributed by atoms with Gasteiger partial charge in [-0.25, -0.2) is 9.69 Å². The molecule has 4 amide bonds. The summed E-state index contributed by atoms with van der Waals surface area (Å²) in [6.07, 6.45) is 1.35. The average Bonchev–Trinajstić information content (AvgIpc) is 3.07. The van der Waals surface area contributed by atoms with Crippen LogP contribution in [0.4, 0.5) is 10.5 Å². The molecule has 4 aromatic rings. The van der Waals surface area contributed by atoms with E-state index >= 15 is 0 Å². The van der Waals surface area contributed by atoms with Crippen LogP contribution in [0.1, 0.15) is 37.5 Å². The first kappa shape index (κ1) is 33.9. The van der Waals surface area contributed by atoms with Crippen LogP contribution in [0.5, 0.6) is 28.7 Å². The van der Waals surface area contributed by atoms with Crippen molar-refractivity contribution in [2.75, 3.05) is 24.7 Å². The summed E-state index contributed by atoms with van der Waals surface area (Å²) in [6, 6.07) is 24.1. The third-order valence-corrected chi connectivity index (χ3v) is 7.36. The van der Waals surface area contributed by atoms with Crippen LogP contribution in [-0.4, -0.2) is 37.7 Å². The number of rotatable bonds is 14. The lowest BCUT2D eigenvalue weighted by Crippen LogP contribution is -2.54. The van der Waals surface area contributed by atoms with Gasteiger partial charge in [0.1, 0.15) is 24.5 Å². The Labute approximate surface area is 283 Å². The standard InChI is InChI=1S/C37H35ClN2O8/c1-4-44-28-15-13-27(14-16-28)40-36(42)29(35(41)39-37(40)43)18-26-19-30(38)34(33(21-26)46-6-3)48-23-25-12-17-31(32(20-25)45-5-2)47-22-24-10-8-7-9-11-24/h7-21H,4-6,22-23H2,1-3H3,(H,39,41,43)/b29-18+. The second-order valence-electron chi connectivity index (χ2n) is 10.4. The lowest BCUT2D eigenvalue weighted by molar-refractivity contribution is -0.122. The van der Waals surface area contributed by atoms with E-state index < -0.39 is 17.8 Å². The van der Waals surface area contributed by atoms with Crippen molar-refractivity contribution in [1.82, 2.24) is 5.32 Å². The van der Waals surface area contributed by atoms with Gasteiger partial charge in [0.25, 0.3) is 11.8 Å². The van der Waals surface area contributed by atoms with E-state index in [1.165, 1.54) is 6.08 Å². The van der Waals surface area contributed by atoms with Gasteiger partial charge in [-0.05, 0) is 92.1 Å². The summed E-state index contributed by atoms with van der Waals surface area (Å²) in [6.45, 7) is 7.31. The molecule has 1 N–H and O–H groups in total. The highest BCUT2D eigenvalue weighted by molar-refractivity contribution is 6.39. The number of nitrogens with zero attached hydrogens (tertiary/aromatic N) is 1. The Morgan fingerprint density at radius 2 is 1.38 bits per heavy atom. The summed E-state index contributed by atoms with van der Waals surface area (Å²) >= 11 is 6.68. The molecule has 0 aliphatic carbocycles. The van der Waals surface area contributed by atoms with Crippen LogP contribution in [0.3, 0.4) is 0 Å². The molecule has 1 fully saturated rings. The van der Waals surface area contributed by atoms with Crippen LogP contribution in [0, 0.1) is 0 Å². The van der Waals surface area contributed by atoms with Crippen molar-refractivity contribution in [3.05, 3.63) is 112 Å². The summed E-state index contributed by atoms with van der Waals surface area (Å²) in [7, 11) is 0. The first-order chi connectivity index (χ1) is 23.3. The number of carbonyl (C=O) groups is 3. The van der Waals surface area contributed by atoms with Crippen LogP contribution in [-0.2, 0) is 22.8 Å². The highest BCUT2D eigenvalue weighted by Crippen LogP contribution is 2.39. The van der Waals surface area contributed by atoms with E-state index in [-0.39, 0.29) is 28.6 Å². The maximum atomic E-state index is 13.4. The number of halogens is 1. The number of amides is 4. The molecular formula is C37H35ClN2O8. The Balaban J connectivity index is 1.35. The van der Waals surface area contributed by atoms with Crippen LogP contribution in [0.15, 0.2) is 90.5 Å². The van der Waals surface area contributed by atoms with Gasteiger partial charge in [0.2, 0.25) is 0 Å². The summed E-state index contributed by atoms with van der Waals surface area (Å²) in [5.41, 5.74) is 2.26. The maximum Gasteiger partial charge on any atom is 0.335 e. The van der Waals surface area contributed by atoms with Crippen LogP contribution in [0.25, 0.3) is 6.08 Å². The Morgan fingerprint density at radius 3 is 2.08 bits per heavy atom. The van der Waals surface area contributed by atoms with Gasteiger partial charge in [0.15, 0.2) is 23.0 Å². The van der Waals surface area contributed by atoms with Crippen molar-refractivity contribution in [2.45, 2.75) is 34.0 Å². The van der Waals surface area contributed by atoms with Crippen molar-refractivity contribution in [3.63, 3.8) is 0 Å². The Morgan fingerprint density at radius 1 is 0.688 bits per heavy atom. The van der Waals surface area contributed by atoms with Crippen LogP contribution < -0.4 is 33.9 Å². The average molecular weight is 671 g/mol. The maximum absolute atomic E-state index is 13.4. The molecule has 48 heavy (non-hydrogen) atoms. The fourth-order valence-corrected chi connectivity index (χ4v) is 5.19. The minimum Gasteiger partial charge on any atom is -0.494 e. The third kappa shape index (κ3) is 8.08. The van der Waals surface area contributed by atoms with Crippen molar-refractivity contribution >= 4 is 41.2 Å². The fourth-order valence-electron chi connectivity index (χ4n) is 4.91. The molecule has 5 rings (SSSR count). The second-order valence-corrected chi connectivity index (χ2v) is 10.8. The number of ether oxygens (including phenoxy) is 5. The van der Waals surface area contributed by atoms with Gasteiger partial charge >= 0.3 is 6.03 Å². The van der Waals surface area contributed by atoms with Crippen molar-refractivity contribution < 1.29 is 38.1 Å². The highest BCUT2D eigenvalue weighted by Gasteiger charge is 2.37. The SMILES string of the molecule is CCOc1ccc(N2C(=O)NC(=O)/C(=C\c3cc(Cl)c(OCc4ccc(OCc5ccccc5)c(OCC)c4)c(OCC)c3)C2=O)cc1. The number of barbiturate groups is 1. The molecule has 0 spiro atoms. The number of nitrogens with one attached hydrogen (secondary N) is 1. The minimum atomic E-state index is -0.855. The molecule has 4 aromatic carbocycles. The molecule has 0 atom stereocenters. The van der Waals surface area contributed by atoms with Gasteiger partial charge in [-0.2, -0.15) is 0 Å². The van der Waals surface area contributed by atoms with E-state index in [1.807, 2.05) is 69.3 Å². The van der Waals surface area contributed by atoms with Gasteiger partial charge in [-0.15, -0.1) is 0 Å². The normalized spacial score (nSPS) is 13.7. The van der Waals surface area contributed by atoms with E-state index in [1.54, 1.807) is 36.4 Å². The molecule has 0 radical (unpaired) electrons. The Bertz CT molecular complexity index is 1810. The van der Waals surface area contributed by atoms with E-state index in [0.717, 1.165) is 16.0 Å². The molecule has 11 heteroatoms. The number of carbonyl (C=O) groups excluding carboxylic acids is 3. The largest absolute Gasteiger partial charge is 0.494 e.